The van der Waals surface area contributed by atoms with Crippen LogP contribution in [0.2, 0.25) is 0 Å². The van der Waals surface area contributed by atoms with Gasteiger partial charge in [-0.2, -0.15) is 5.26 Å². The molecule has 1 saturated carbocycles. The van der Waals surface area contributed by atoms with Crippen LogP contribution in [-0.2, 0) is 16.1 Å². The van der Waals surface area contributed by atoms with E-state index in [9.17, 15) is 4.79 Å². The molecule has 0 bridgehead atoms. The number of benzene rings is 1. The molecular formula is C18H23NO2. The molecule has 0 spiro atoms. The van der Waals surface area contributed by atoms with Crippen molar-refractivity contribution in [2.45, 2.75) is 48.1 Å². The monoisotopic (exact) mass is 285 g/mol. The van der Waals surface area contributed by atoms with Crippen molar-refractivity contribution >= 4 is 5.97 Å². The predicted molar refractivity (Wildman–Crippen MR) is 81.5 cm³/mol. The lowest BCUT2D eigenvalue weighted by Crippen LogP contribution is -2.12. The largest absolute Gasteiger partial charge is 0.461 e. The zero-order valence-corrected chi connectivity index (χ0v) is 13.7. The molecule has 1 fully saturated rings. The van der Waals surface area contributed by atoms with Gasteiger partial charge in [0.05, 0.1) is 17.6 Å². The molecule has 1 aliphatic carbocycles. The van der Waals surface area contributed by atoms with Crippen LogP contribution < -0.4 is 0 Å². The Kier molecular flexibility index (Phi) is 3.61. The minimum atomic E-state index is -0.133. The van der Waals surface area contributed by atoms with E-state index in [1.807, 2.05) is 26.0 Å². The first kappa shape index (κ1) is 15.6. The fraction of sp³-hybridized carbons (Fsp3) is 0.556. The number of carbonyl (C=O) groups is 1. The molecule has 0 unspecified atom stereocenters. The number of carbonyl (C=O) groups excluding carboxylic acids is 1. The molecule has 1 aromatic rings. The van der Waals surface area contributed by atoms with Crippen molar-refractivity contribution in [1.82, 2.24) is 0 Å². The first-order valence-corrected chi connectivity index (χ1v) is 7.30. The molecule has 112 valence electrons. The van der Waals surface area contributed by atoms with Gasteiger partial charge in [-0.25, -0.2) is 0 Å². The predicted octanol–water partition coefficient (Wildman–Crippen LogP) is 3.90. The van der Waals surface area contributed by atoms with E-state index >= 15 is 0 Å². The zero-order valence-electron chi connectivity index (χ0n) is 13.7. The van der Waals surface area contributed by atoms with Gasteiger partial charge in [-0.1, -0.05) is 33.8 Å². The molecule has 0 N–H and O–H groups in total. The Morgan fingerprint density at radius 1 is 1.24 bits per heavy atom. The van der Waals surface area contributed by atoms with E-state index in [1.54, 1.807) is 0 Å². The van der Waals surface area contributed by atoms with Crippen LogP contribution in [0.4, 0.5) is 0 Å². The fourth-order valence-electron chi connectivity index (χ4n) is 3.25. The van der Waals surface area contributed by atoms with Gasteiger partial charge < -0.3 is 4.74 Å². The van der Waals surface area contributed by atoms with E-state index in [2.05, 4.69) is 33.8 Å². The molecule has 3 heteroatoms. The number of nitriles is 1. The smallest absolute Gasteiger partial charge is 0.310 e. The molecule has 0 aliphatic heterocycles. The summed E-state index contributed by atoms with van der Waals surface area (Å²) in [7, 11) is 0. The van der Waals surface area contributed by atoms with Gasteiger partial charge in [0.1, 0.15) is 6.61 Å². The van der Waals surface area contributed by atoms with Crippen molar-refractivity contribution in [3.05, 3.63) is 34.4 Å². The molecule has 2 rings (SSSR count). The maximum atomic E-state index is 12.3. The van der Waals surface area contributed by atoms with Crippen LogP contribution in [0.15, 0.2) is 12.1 Å². The molecular weight excluding hydrogens is 262 g/mol. The van der Waals surface area contributed by atoms with Gasteiger partial charge in [0, 0.05) is 0 Å². The summed E-state index contributed by atoms with van der Waals surface area (Å²) in [5.41, 5.74) is 3.51. The van der Waals surface area contributed by atoms with Crippen molar-refractivity contribution in [1.29, 1.82) is 5.26 Å². The number of nitrogens with zero attached hydrogens (tertiary/aromatic N) is 1. The van der Waals surface area contributed by atoms with Crippen LogP contribution in [0.1, 0.15) is 49.9 Å². The lowest BCUT2D eigenvalue weighted by Gasteiger charge is -2.12. The van der Waals surface area contributed by atoms with E-state index in [0.717, 1.165) is 16.7 Å². The third-order valence-electron chi connectivity index (χ3n) is 5.57. The Morgan fingerprint density at radius 3 is 2.29 bits per heavy atom. The summed E-state index contributed by atoms with van der Waals surface area (Å²) >= 11 is 0. The van der Waals surface area contributed by atoms with E-state index in [1.165, 1.54) is 0 Å². The molecule has 1 aromatic carbocycles. The molecule has 0 heterocycles. The summed E-state index contributed by atoms with van der Waals surface area (Å²) in [6.07, 6.45) is 0. The highest BCUT2D eigenvalue weighted by molar-refractivity contribution is 5.78. The molecule has 0 radical (unpaired) electrons. The highest BCUT2D eigenvalue weighted by Crippen LogP contribution is 2.68. The molecule has 0 saturated heterocycles. The molecule has 0 atom stereocenters. The standard InChI is InChI=1S/C18H23NO2/c1-11-7-8-13(9-19)12(2)14(11)10-21-16(20)15-17(3,4)18(15,5)6/h7-8,15H,10H2,1-6H3. The maximum Gasteiger partial charge on any atom is 0.310 e. The van der Waals surface area contributed by atoms with Gasteiger partial charge in [-0.05, 0) is 47.4 Å². The second-order valence-electron chi connectivity index (χ2n) is 7.13. The molecule has 1 aliphatic rings. The number of esters is 1. The Morgan fingerprint density at radius 2 is 1.81 bits per heavy atom. The van der Waals surface area contributed by atoms with Crippen LogP contribution in [0, 0.1) is 41.9 Å². The lowest BCUT2D eigenvalue weighted by molar-refractivity contribution is -0.148. The topological polar surface area (TPSA) is 50.1 Å². The van der Waals surface area contributed by atoms with Gasteiger partial charge in [0.2, 0.25) is 0 Å². The maximum absolute atomic E-state index is 12.3. The number of rotatable bonds is 3. The normalized spacial score (nSPS) is 18.9. The van der Waals surface area contributed by atoms with Gasteiger partial charge in [0.15, 0.2) is 0 Å². The SMILES string of the molecule is Cc1ccc(C#N)c(C)c1COC(=O)C1C(C)(C)C1(C)C. The third-order valence-corrected chi connectivity index (χ3v) is 5.57. The van der Waals surface area contributed by atoms with Gasteiger partial charge >= 0.3 is 5.97 Å². The Balaban J connectivity index is 2.12. The lowest BCUT2D eigenvalue weighted by atomic mass is 9.99. The van der Waals surface area contributed by atoms with Crippen molar-refractivity contribution in [2.75, 3.05) is 0 Å². The van der Waals surface area contributed by atoms with Crippen LogP contribution in [0.25, 0.3) is 0 Å². The Labute approximate surface area is 126 Å². The van der Waals surface area contributed by atoms with Crippen LogP contribution in [-0.4, -0.2) is 5.97 Å². The number of aryl methyl sites for hydroxylation is 1. The molecule has 3 nitrogen and oxygen atoms in total. The Hall–Kier alpha value is -1.82. The first-order valence-electron chi connectivity index (χ1n) is 7.30. The number of hydrogen-bond acceptors (Lipinski definition) is 3. The Bertz CT molecular complexity index is 621. The van der Waals surface area contributed by atoms with Gasteiger partial charge in [-0.3, -0.25) is 4.79 Å². The summed E-state index contributed by atoms with van der Waals surface area (Å²) in [5.74, 6) is -0.184. The van der Waals surface area contributed by atoms with Crippen LogP contribution >= 0.6 is 0 Å². The van der Waals surface area contributed by atoms with Crippen LogP contribution in [0.5, 0.6) is 0 Å². The van der Waals surface area contributed by atoms with E-state index in [4.69, 9.17) is 10.00 Å². The van der Waals surface area contributed by atoms with E-state index in [0.29, 0.717) is 5.56 Å². The average Bonchev–Trinajstić information content (AvgIpc) is 2.79. The van der Waals surface area contributed by atoms with Crippen molar-refractivity contribution in [3.63, 3.8) is 0 Å². The van der Waals surface area contributed by atoms with Gasteiger partial charge in [-0.15, -0.1) is 0 Å². The van der Waals surface area contributed by atoms with Crippen LogP contribution in [0.3, 0.4) is 0 Å². The summed E-state index contributed by atoms with van der Waals surface area (Å²) in [5, 5.41) is 9.09. The van der Waals surface area contributed by atoms with E-state index in [-0.39, 0.29) is 29.3 Å². The summed E-state index contributed by atoms with van der Waals surface area (Å²) in [6, 6.07) is 5.88. The molecule has 0 aromatic heterocycles. The fourth-order valence-corrected chi connectivity index (χ4v) is 3.25. The third kappa shape index (κ3) is 2.33. The first-order chi connectivity index (χ1) is 9.64. The number of hydrogen-bond donors (Lipinski definition) is 0. The second kappa shape index (κ2) is 4.87. The van der Waals surface area contributed by atoms with E-state index < -0.39 is 0 Å². The average molecular weight is 285 g/mol. The molecule has 21 heavy (non-hydrogen) atoms. The summed E-state index contributed by atoms with van der Waals surface area (Å²) in [4.78, 5) is 12.3. The highest BCUT2D eigenvalue weighted by atomic mass is 16.5. The van der Waals surface area contributed by atoms with Gasteiger partial charge in [0.25, 0.3) is 0 Å². The highest BCUT2D eigenvalue weighted by Gasteiger charge is 2.69. The second-order valence-corrected chi connectivity index (χ2v) is 7.13. The van der Waals surface area contributed by atoms with Crippen molar-refractivity contribution < 1.29 is 9.53 Å². The summed E-state index contributed by atoms with van der Waals surface area (Å²) in [6.45, 7) is 12.5. The quantitative estimate of drug-likeness (QED) is 0.791. The minimum absolute atomic E-state index is 0.0112. The number of ether oxygens (including phenoxy) is 1. The molecule has 0 amide bonds. The van der Waals surface area contributed by atoms with Crippen molar-refractivity contribution in [3.8, 4) is 6.07 Å². The minimum Gasteiger partial charge on any atom is -0.461 e. The zero-order chi connectivity index (χ0) is 16.0. The summed E-state index contributed by atoms with van der Waals surface area (Å²) < 4.78 is 5.54. The van der Waals surface area contributed by atoms with Crippen molar-refractivity contribution in [2.24, 2.45) is 16.7 Å².